The topological polar surface area (TPSA) is 111 Å². The van der Waals surface area contributed by atoms with Crippen molar-refractivity contribution in [2.45, 2.75) is 42.5 Å². The Kier molecular flexibility index (Phi) is 8.96. The van der Waals surface area contributed by atoms with Crippen LogP contribution >= 0.6 is 46.3 Å². The molecule has 232 valence electrons. The molecule has 2 atom stereocenters. The second kappa shape index (κ2) is 12.9. The number of benzene rings is 3. The highest BCUT2D eigenvalue weighted by atomic mass is 35.5. The van der Waals surface area contributed by atoms with Gasteiger partial charge in [0.25, 0.3) is 5.78 Å². The van der Waals surface area contributed by atoms with Crippen LogP contribution in [-0.2, 0) is 21.8 Å². The summed E-state index contributed by atoms with van der Waals surface area (Å²) >= 11 is 14.9. The Morgan fingerprint density at radius 2 is 1.93 bits per heavy atom. The molecule has 1 amide bonds. The number of halogens is 2. The number of amides is 1. The van der Waals surface area contributed by atoms with E-state index in [1.807, 2.05) is 19.9 Å². The van der Waals surface area contributed by atoms with Crippen LogP contribution in [0.25, 0.3) is 5.76 Å². The van der Waals surface area contributed by atoms with Crippen molar-refractivity contribution in [2.75, 3.05) is 18.6 Å². The SMILES string of the molecule is CCOc1ccc(C2/C(=C(\O)c3ccc4c(c3)CC(C)O4)C(=O)C(=O)N2c2nnc(SCc3ccc(Cl)cc3Cl)s2)cc1OC. The first-order valence-electron chi connectivity index (χ1n) is 14.0. The van der Waals surface area contributed by atoms with Crippen LogP contribution in [-0.4, -0.2) is 46.8 Å². The molecule has 1 aromatic heterocycles. The Bertz CT molecular complexity index is 1850. The maximum atomic E-state index is 13.7. The van der Waals surface area contributed by atoms with Gasteiger partial charge in [-0.15, -0.1) is 10.2 Å². The molecule has 0 radical (unpaired) electrons. The quantitative estimate of drug-likeness (QED) is 0.0630. The number of aliphatic hydroxyl groups excluding tert-OH is 1. The largest absolute Gasteiger partial charge is 0.507 e. The van der Waals surface area contributed by atoms with E-state index in [1.165, 1.54) is 23.8 Å². The zero-order chi connectivity index (χ0) is 31.8. The van der Waals surface area contributed by atoms with Gasteiger partial charge in [-0.3, -0.25) is 14.5 Å². The van der Waals surface area contributed by atoms with Gasteiger partial charge in [0.2, 0.25) is 5.13 Å². The van der Waals surface area contributed by atoms with Gasteiger partial charge in [-0.05, 0) is 73.0 Å². The standard InChI is InChI=1S/C32H27Cl2N3O6S2/c1-4-42-24-10-6-17(13-25(24)41-3)27-26(28(38)18-7-9-23-20(12-18)11-16(2)43-23)29(39)30(40)37(27)31-35-36-32(45-31)44-15-19-5-8-21(33)14-22(19)34/h5-10,12-14,16,27,38H,4,11,15H2,1-3H3/b28-26+. The summed E-state index contributed by atoms with van der Waals surface area (Å²) in [4.78, 5) is 28.7. The first kappa shape index (κ1) is 31.2. The van der Waals surface area contributed by atoms with E-state index in [-0.39, 0.29) is 22.6 Å². The Labute approximate surface area is 277 Å². The third kappa shape index (κ3) is 6.09. The number of anilines is 1. The molecule has 3 heterocycles. The van der Waals surface area contributed by atoms with Crippen molar-refractivity contribution >= 4 is 68.9 Å². The molecule has 1 saturated heterocycles. The highest BCUT2D eigenvalue weighted by Crippen LogP contribution is 2.46. The molecule has 1 N–H and O–H groups in total. The van der Waals surface area contributed by atoms with E-state index in [2.05, 4.69) is 10.2 Å². The molecule has 4 aromatic rings. The number of nitrogens with zero attached hydrogens (tertiary/aromatic N) is 3. The van der Waals surface area contributed by atoms with E-state index in [1.54, 1.807) is 48.5 Å². The van der Waals surface area contributed by atoms with Crippen LogP contribution in [0.4, 0.5) is 5.13 Å². The van der Waals surface area contributed by atoms with Gasteiger partial charge in [0.15, 0.2) is 15.8 Å². The van der Waals surface area contributed by atoms with Crippen molar-refractivity contribution in [2.24, 2.45) is 0 Å². The molecule has 45 heavy (non-hydrogen) atoms. The van der Waals surface area contributed by atoms with Crippen LogP contribution in [0.2, 0.25) is 10.0 Å². The van der Waals surface area contributed by atoms with Crippen LogP contribution < -0.4 is 19.1 Å². The second-order valence-electron chi connectivity index (χ2n) is 10.3. The number of ketones is 1. The number of hydrogen-bond donors (Lipinski definition) is 1. The molecule has 0 bridgehead atoms. The van der Waals surface area contributed by atoms with Gasteiger partial charge in [0.1, 0.15) is 17.6 Å². The number of carbonyl (C=O) groups excluding carboxylic acids is 2. The first-order chi connectivity index (χ1) is 21.7. The third-order valence-electron chi connectivity index (χ3n) is 7.39. The van der Waals surface area contributed by atoms with E-state index >= 15 is 0 Å². The molecule has 2 unspecified atom stereocenters. The van der Waals surface area contributed by atoms with E-state index < -0.39 is 17.7 Å². The number of rotatable bonds is 9. The van der Waals surface area contributed by atoms with Crippen LogP contribution in [0, 0.1) is 0 Å². The Balaban J connectivity index is 1.41. The number of ether oxygens (including phenoxy) is 3. The lowest BCUT2D eigenvalue weighted by Gasteiger charge is -2.23. The fraction of sp³-hybridized carbons (Fsp3) is 0.250. The molecule has 0 saturated carbocycles. The molecule has 3 aromatic carbocycles. The Hall–Kier alpha value is -3.77. The number of methoxy groups -OCH3 is 1. The molecule has 6 rings (SSSR count). The maximum Gasteiger partial charge on any atom is 0.301 e. The van der Waals surface area contributed by atoms with Crippen molar-refractivity contribution in [1.29, 1.82) is 0 Å². The molecule has 0 spiro atoms. The normalized spacial score (nSPS) is 18.6. The number of aromatic nitrogens is 2. The minimum absolute atomic E-state index is 0.000480. The molecule has 9 nitrogen and oxygen atoms in total. The van der Waals surface area contributed by atoms with Gasteiger partial charge >= 0.3 is 5.91 Å². The maximum absolute atomic E-state index is 13.7. The lowest BCUT2D eigenvalue weighted by molar-refractivity contribution is -0.132. The summed E-state index contributed by atoms with van der Waals surface area (Å²) in [6.07, 6.45) is 0.663. The summed E-state index contributed by atoms with van der Waals surface area (Å²) in [5.41, 5.74) is 2.62. The van der Waals surface area contributed by atoms with Gasteiger partial charge in [0.05, 0.1) is 25.3 Å². The summed E-state index contributed by atoms with van der Waals surface area (Å²) in [7, 11) is 1.51. The summed E-state index contributed by atoms with van der Waals surface area (Å²) in [6.45, 7) is 4.24. The molecular weight excluding hydrogens is 657 g/mol. The highest BCUT2D eigenvalue weighted by Gasteiger charge is 2.48. The van der Waals surface area contributed by atoms with E-state index in [0.717, 1.165) is 28.2 Å². The van der Waals surface area contributed by atoms with E-state index in [4.69, 9.17) is 37.4 Å². The monoisotopic (exact) mass is 683 g/mol. The van der Waals surface area contributed by atoms with Crippen molar-refractivity contribution in [3.63, 3.8) is 0 Å². The average molecular weight is 685 g/mol. The fourth-order valence-corrected chi connectivity index (χ4v) is 7.76. The van der Waals surface area contributed by atoms with Crippen LogP contribution in [0.3, 0.4) is 0 Å². The van der Waals surface area contributed by atoms with Gasteiger partial charge in [-0.2, -0.15) is 0 Å². The predicted molar refractivity (Wildman–Crippen MR) is 175 cm³/mol. The van der Waals surface area contributed by atoms with E-state index in [0.29, 0.717) is 55.8 Å². The van der Waals surface area contributed by atoms with Crippen molar-refractivity contribution in [3.05, 3.63) is 92.5 Å². The number of thioether (sulfide) groups is 1. The number of aliphatic hydroxyl groups is 1. The average Bonchev–Trinajstić information content (AvgIpc) is 3.71. The van der Waals surface area contributed by atoms with Gasteiger partial charge in [0, 0.05) is 27.8 Å². The number of carbonyl (C=O) groups is 2. The molecular formula is C32H27Cl2N3O6S2. The third-order valence-corrected chi connectivity index (χ3v) is 10.1. The van der Waals surface area contributed by atoms with Crippen molar-refractivity contribution < 1.29 is 28.9 Å². The molecule has 2 aliphatic rings. The van der Waals surface area contributed by atoms with E-state index in [9.17, 15) is 14.7 Å². The summed E-state index contributed by atoms with van der Waals surface area (Å²) < 4.78 is 17.6. The number of fused-ring (bicyclic) bond motifs is 1. The minimum Gasteiger partial charge on any atom is -0.507 e. The highest BCUT2D eigenvalue weighted by molar-refractivity contribution is 8.00. The minimum atomic E-state index is -1.02. The smallest absolute Gasteiger partial charge is 0.301 e. The Morgan fingerprint density at radius 1 is 1.11 bits per heavy atom. The molecule has 13 heteroatoms. The van der Waals surface area contributed by atoms with Crippen LogP contribution in [0.5, 0.6) is 17.2 Å². The molecule has 1 fully saturated rings. The van der Waals surface area contributed by atoms with Gasteiger partial charge in [-0.25, -0.2) is 0 Å². The van der Waals surface area contributed by atoms with Gasteiger partial charge < -0.3 is 19.3 Å². The summed E-state index contributed by atoms with van der Waals surface area (Å²) in [5.74, 6) is 0.164. The number of hydrogen-bond acceptors (Lipinski definition) is 10. The van der Waals surface area contributed by atoms with Crippen LogP contribution in [0.15, 0.2) is 64.5 Å². The molecule has 2 aliphatic heterocycles. The van der Waals surface area contributed by atoms with Crippen molar-refractivity contribution in [3.8, 4) is 17.2 Å². The van der Waals surface area contributed by atoms with Gasteiger partial charge in [-0.1, -0.05) is 58.4 Å². The summed E-state index contributed by atoms with van der Waals surface area (Å²) in [5, 5.41) is 21.5. The zero-order valence-corrected chi connectivity index (χ0v) is 27.5. The summed E-state index contributed by atoms with van der Waals surface area (Å²) in [6, 6.07) is 14.6. The van der Waals surface area contributed by atoms with Crippen LogP contribution in [0.1, 0.15) is 42.1 Å². The first-order valence-corrected chi connectivity index (χ1v) is 16.6. The number of Topliss-reactive ketones (excluding diaryl/α,β-unsaturated/α-hetero) is 1. The Morgan fingerprint density at radius 3 is 2.69 bits per heavy atom. The lowest BCUT2D eigenvalue weighted by atomic mass is 9.94. The molecule has 0 aliphatic carbocycles. The second-order valence-corrected chi connectivity index (χ2v) is 13.4. The zero-order valence-electron chi connectivity index (χ0n) is 24.4. The predicted octanol–water partition coefficient (Wildman–Crippen LogP) is 7.49. The van der Waals surface area contributed by atoms with Crippen molar-refractivity contribution in [1.82, 2.24) is 10.2 Å². The lowest BCUT2D eigenvalue weighted by Crippen LogP contribution is -2.29. The fourth-order valence-electron chi connectivity index (χ4n) is 5.34.